The largest absolute Gasteiger partial charge is 0.477 e. The highest BCUT2D eigenvalue weighted by Crippen LogP contribution is 2.09. The molecule has 2 heterocycles. The van der Waals surface area contributed by atoms with Gasteiger partial charge < -0.3 is 15.0 Å². The van der Waals surface area contributed by atoms with E-state index in [1.54, 1.807) is 12.4 Å². The monoisotopic (exact) mass is 247 g/mol. The Morgan fingerprint density at radius 3 is 3.11 bits per heavy atom. The Kier molecular flexibility index (Phi) is 3.52. The van der Waals surface area contributed by atoms with Gasteiger partial charge in [-0.2, -0.15) is 0 Å². The van der Waals surface area contributed by atoms with Gasteiger partial charge in [-0.3, -0.25) is 0 Å². The lowest BCUT2D eigenvalue weighted by Crippen LogP contribution is -2.08. The maximum Gasteiger partial charge on any atom is 0.354 e. The van der Waals surface area contributed by atoms with Gasteiger partial charge >= 0.3 is 5.97 Å². The van der Waals surface area contributed by atoms with E-state index in [4.69, 9.17) is 5.11 Å². The molecule has 0 radical (unpaired) electrons. The summed E-state index contributed by atoms with van der Waals surface area (Å²) in [5.41, 5.74) is 0.699. The Balaban J connectivity index is 2.06. The number of rotatable bonds is 5. The van der Waals surface area contributed by atoms with E-state index >= 15 is 0 Å². The third kappa shape index (κ3) is 2.62. The molecule has 2 aromatic heterocycles. The topological polar surface area (TPSA) is 92.9 Å². The van der Waals surface area contributed by atoms with Crippen LogP contribution in [-0.4, -0.2) is 30.8 Å². The Labute approximate surface area is 104 Å². The molecule has 2 aromatic rings. The summed E-state index contributed by atoms with van der Waals surface area (Å²) in [6, 6.07) is 3.19. The zero-order valence-electron chi connectivity index (χ0n) is 9.87. The van der Waals surface area contributed by atoms with Crippen LogP contribution in [0.4, 0.5) is 5.69 Å². The van der Waals surface area contributed by atoms with Crippen LogP contribution in [0.3, 0.4) is 0 Å². The van der Waals surface area contributed by atoms with Gasteiger partial charge in [0.15, 0.2) is 5.82 Å². The molecule has 2 rings (SSSR count). The second kappa shape index (κ2) is 5.26. The van der Waals surface area contributed by atoms with Crippen LogP contribution in [0.2, 0.25) is 0 Å². The standard InChI is InChI=1S/C11H13N5O2/c1-2-16-7-14-15-10(16)6-13-8-3-4-12-9(5-8)11(17)18/h3-5,7H,2,6H2,1H3,(H,12,13)(H,17,18). The lowest BCUT2D eigenvalue weighted by Gasteiger charge is -2.07. The molecule has 0 aromatic carbocycles. The van der Waals surface area contributed by atoms with Gasteiger partial charge in [-0.1, -0.05) is 0 Å². The fraction of sp³-hybridized carbons (Fsp3) is 0.273. The molecule has 0 spiro atoms. The van der Waals surface area contributed by atoms with E-state index < -0.39 is 5.97 Å². The van der Waals surface area contributed by atoms with E-state index in [0.717, 1.165) is 12.4 Å². The fourth-order valence-corrected chi connectivity index (χ4v) is 1.52. The average Bonchev–Trinajstić information content (AvgIpc) is 2.84. The van der Waals surface area contributed by atoms with E-state index in [9.17, 15) is 4.79 Å². The number of hydrogen-bond acceptors (Lipinski definition) is 5. The molecule has 18 heavy (non-hydrogen) atoms. The van der Waals surface area contributed by atoms with Crippen LogP contribution in [0.25, 0.3) is 0 Å². The highest BCUT2D eigenvalue weighted by molar-refractivity contribution is 5.86. The predicted molar refractivity (Wildman–Crippen MR) is 64.2 cm³/mol. The minimum absolute atomic E-state index is 0.0111. The number of carboxylic acids is 1. The van der Waals surface area contributed by atoms with Gasteiger partial charge in [0.1, 0.15) is 12.0 Å². The molecule has 0 aliphatic carbocycles. The summed E-state index contributed by atoms with van der Waals surface area (Å²) < 4.78 is 1.91. The first-order valence-electron chi connectivity index (χ1n) is 5.50. The molecule has 0 unspecified atom stereocenters. The molecule has 0 atom stereocenters. The minimum atomic E-state index is -1.05. The van der Waals surface area contributed by atoms with Crippen molar-refractivity contribution in [2.75, 3.05) is 5.32 Å². The van der Waals surface area contributed by atoms with Crippen molar-refractivity contribution < 1.29 is 9.90 Å². The van der Waals surface area contributed by atoms with E-state index in [2.05, 4.69) is 20.5 Å². The van der Waals surface area contributed by atoms with E-state index in [0.29, 0.717) is 12.2 Å². The number of aryl methyl sites for hydroxylation is 1. The van der Waals surface area contributed by atoms with Gasteiger partial charge in [-0.25, -0.2) is 9.78 Å². The first-order valence-corrected chi connectivity index (χ1v) is 5.50. The molecule has 0 bridgehead atoms. The summed E-state index contributed by atoms with van der Waals surface area (Å²) >= 11 is 0. The second-order valence-corrected chi connectivity index (χ2v) is 3.62. The Bertz CT molecular complexity index is 552. The van der Waals surface area contributed by atoms with Crippen molar-refractivity contribution in [2.45, 2.75) is 20.0 Å². The number of aromatic carboxylic acids is 1. The maximum absolute atomic E-state index is 10.8. The molecule has 0 saturated carbocycles. The Morgan fingerprint density at radius 2 is 2.39 bits per heavy atom. The summed E-state index contributed by atoms with van der Waals surface area (Å²) in [4.78, 5) is 14.5. The lowest BCUT2D eigenvalue weighted by molar-refractivity contribution is 0.0690. The van der Waals surface area contributed by atoms with Crippen LogP contribution in [0.15, 0.2) is 24.7 Å². The van der Waals surface area contributed by atoms with Crippen molar-refractivity contribution in [2.24, 2.45) is 0 Å². The van der Waals surface area contributed by atoms with Crippen LogP contribution in [-0.2, 0) is 13.1 Å². The van der Waals surface area contributed by atoms with Crippen LogP contribution in [0, 0.1) is 0 Å². The third-order valence-electron chi connectivity index (χ3n) is 2.47. The molecular formula is C11H13N5O2. The van der Waals surface area contributed by atoms with Crippen molar-refractivity contribution in [3.05, 3.63) is 36.2 Å². The van der Waals surface area contributed by atoms with Crippen molar-refractivity contribution >= 4 is 11.7 Å². The fourth-order valence-electron chi connectivity index (χ4n) is 1.52. The second-order valence-electron chi connectivity index (χ2n) is 3.62. The molecule has 0 fully saturated rings. The van der Waals surface area contributed by atoms with E-state index in [1.165, 1.54) is 12.3 Å². The van der Waals surface area contributed by atoms with Gasteiger partial charge in [0.25, 0.3) is 0 Å². The summed E-state index contributed by atoms with van der Waals surface area (Å²) in [5.74, 6) is -0.249. The Morgan fingerprint density at radius 1 is 1.56 bits per heavy atom. The van der Waals surface area contributed by atoms with Gasteiger partial charge in [-0.05, 0) is 19.1 Å². The van der Waals surface area contributed by atoms with Crippen LogP contribution in [0.5, 0.6) is 0 Å². The molecule has 0 saturated heterocycles. The highest BCUT2D eigenvalue weighted by Gasteiger charge is 2.06. The number of hydrogen-bond donors (Lipinski definition) is 2. The maximum atomic E-state index is 10.8. The van der Waals surface area contributed by atoms with E-state index in [1.807, 2.05) is 11.5 Å². The van der Waals surface area contributed by atoms with E-state index in [-0.39, 0.29) is 5.69 Å². The lowest BCUT2D eigenvalue weighted by atomic mass is 10.3. The third-order valence-corrected chi connectivity index (χ3v) is 2.47. The number of anilines is 1. The van der Waals surface area contributed by atoms with Crippen molar-refractivity contribution in [3.8, 4) is 0 Å². The van der Waals surface area contributed by atoms with Gasteiger partial charge in [0.2, 0.25) is 0 Å². The Hall–Kier alpha value is -2.44. The van der Waals surface area contributed by atoms with Gasteiger partial charge in [-0.15, -0.1) is 10.2 Å². The van der Waals surface area contributed by atoms with Gasteiger partial charge in [0.05, 0.1) is 6.54 Å². The summed E-state index contributed by atoms with van der Waals surface area (Å²) in [6.45, 7) is 3.28. The number of aromatic nitrogens is 4. The average molecular weight is 247 g/mol. The first kappa shape index (κ1) is 12.0. The molecule has 0 aliphatic heterocycles. The summed E-state index contributed by atoms with van der Waals surface area (Å²) in [5, 5.41) is 19.7. The number of pyridine rings is 1. The van der Waals surface area contributed by atoms with Crippen LogP contribution < -0.4 is 5.32 Å². The van der Waals surface area contributed by atoms with Crippen molar-refractivity contribution in [1.29, 1.82) is 0 Å². The number of nitrogens with zero attached hydrogens (tertiary/aromatic N) is 4. The van der Waals surface area contributed by atoms with Crippen molar-refractivity contribution in [1.82, 2.24) is 19.7 Å². The summed E-state index contributed by atoms with van der Waals surface area (Å²) in [7, 11) is 0. The molecule has 7 heteroatoms. The molecule has 94 valence electrons. The zero-order valence-corrected chi connectivity index (χ0v) is 9.87. The van der Waals surface area contributed by atoms with Gasteiger partial charge in [0, 0.05) is 18.4 Å². The zero-order chi connectivity index (χ0) is 13.0. The summed E-state index contributed by atoms with van der Waals surface area (Å²) in [6.07, 6.45) is 3.11. The van der Waals surface area contributed by atoms with Crippen LogP contribution in [0.1, 0.15) is 23.2 Å². The SMILES string of the molecule is CCn1cnnc1CNc1ccnc(C(=O)O)c1. The molecule has 0 aliphatic rings. The number of carboxylic acid groups (broad SMARTS) is 1. The minimum Gasteiger partial charge on any atom is -0.477 e. The predicted octanol–water partition coefficient (Wildman–Crippen LogP) is 1.00. The quantitative estimate of drug-likeness (QED) is 0.818. The first-order chi connectivity index (χ1) is 8.70. The highest BCUT2D eigenvalue weighted by atomic mass is 16.4. The molecular weight excluding hydrogens is 234 g/mol. The molecule has 0 amide bonds. The van der Waals surface area contributed by atoms with Crippen LogP contribution >= 0.6 is 0 Å². The van der Waals surface area contributed by atoms with Crippen molar-refractivity contribution in [3.63, 3.8) is 0 Å². The number of carbonyl (C=O) groups is 1. The number of nitrogens with one attached hydrogen (secondary N) is 1. The smallest absolute Gasteiger partial charge is 0.354 e. The normalized spacial score (nSPS) is 10.3. The molecule has 7 nitrogen and oxygen atoms in total. The molecule has 2 N–H and O–H groups in total.